The van der Waals surface area contributed by atoms with Gasteiger partial charge in [-0.15, -0.1) is 0 Å². The van der Waals surface area contributed by atoms with Crippen LogP contribution in [0.5, 0.6) is 0 Å². The molecular weight excluding hydrogens is 731 g/mol. The minimum Gasteiger partial charge on any atom is -0.350 e. The highest BCUT2D eigenvalue weighted by atomic mass is 32.2. The van der Waals surface area contributed by atoms with Crippen LogP contribution in [-0.4, -0.2) is 47.2 Å². The molecule has 2 N–H and O–H groups in total. The molecule has 0 saturated carbocycles. The monoisotopic (exact) mass is 760 g/mol. The minimum absolute atomic E-state index is 0.137. The maximum absolute atomic E-state index is 13.7. The van der Waals surface area contributed by atoms with E-state index in [2.05, 4.69) is 10.6 Å². The molecule has 0 aromatic heterocycles. The molecule has 0 radical (unpaired) electrons. The molecule has 0 aliphatic carbocycles. The minimum atomic E-state index is -0.778. The predicted octanol–water partition coefficient (Wildman–Crippen LogP) is 5.75. The number of thioether (sulfide) groups is 2. The molecule has 2 aliphatic heterocycles. The molecule has 4 aromatic rings. The van der Waals surface area contributed by atoms with Gasteiger partial charge in [-0.05, 0) is 72.5 Å². The molecule has 2 unspecified atom stereocenters. The van der Waals surface area contributed by atoms with Gasteiger partial charge in [-0.1, -0.05) is 84.2 Å². The topological polar surface area (TPSA) is 146 Å². The van der Waals surface area contributed by atoms with E-state index < -0.39 is 33.9 Å². The molecular formula is C40H30F2N6O4S2. The summed E-state index contributed by atoms with van der Waals surface area (Å²) in [6.45, 7) is -0.274. The van der Waals surface area contributed by atoms with Gasteiger partial charge in [-0.25, -0.2) is 8.78 Å². The summed E-state index contributed by atoms with van der Waals surface area (Å²) < 4.78 is 27.0. The van der Waals surface area contributed by atoms with Crippen LogP contribution in [0, 0.1) is 34.3 Å². The van der Waals surface area contributed by atoms with Gasteiger partial charge >= 0.3 is 0 Å². The van der Waals surface area contributed by atoms with Crippen LogP contribution in [0.1, 0.15) is 11.1 Å². The van der Waals surface area contributed by atoms with Gasteiger partial charge in [-0.3, -0.25) is 29.0 Å². The number of hydrogen-bond acceptors (Lipinski definition) is 8. The van der Waals surface area contributed by atoms with E-state index in [1.807, 2.05) is 12.1 Å². The SMILES string of the molecule is N#C/C(C(=O)NCCNC(=O)/C(C#N)=C1\SC(Cc2ccc(F)cc2)C(=O)N1c1ccccc1)=C1/SC(Cc2ccc(F)cc2)C(=O)N1c1ccccc1. The smallest absolute Gasteiger partial charge is 0.264 e. The number of halogens is 2. The van der Waals surface area contributed by atoms with E-state index >= 15 is 0 Å². The van der Waals surface area contributed by atoms with Crippen molar-refractivity contribution >= 4 is 58.5 Å². The van der Waals surface area contributed by atoms with Crippen molar-refractivity contribution in [1.82, 2.24) is 10.6 Å². The molecule has 2 atom stereocenters. The first-order valence-corrected chi connectivity index (χ1v) is 18.4. The van der Waals surface area contributed by atoms with Crippen LogP contribution < -0.4 is 20.4 Å². The van der Waals surface area contributed by atoms with E-state index in [-0.39, 0.29) is 58.9 Å². The molecule has 10 nitrogen and oxygen atoms in total. The van der Waals surface area contributed by atoms with Gasteiger partial charge in [0.1, 0.15) is 45.0 Å². The summed E-state index contributed by atoms with van der Waals surface area (Å²) in [4.78, 5) is 56.8. The first-order chi connectivity index (χ1) is 26.2. The summed E-state index contributed by atoms with van der Waals surface area (Å²) in [6.07, 6.45) is 0.469. The van der Waals surface area contributed by atoms with Gasteiger partial charge in [0.15, 0.2) is 0 Å². The van der Waals surface area contributed by atoms with E-state index in [4.69, 9.17) is 0 Å². The second kappa shape index (κ2) is 17.1. The third-order valence-corrected chi connectivity index (χ3v) is 10.9. The highest BCUT2D eigenvalue weighted by Gasteiger charge is 2.42. The van der Waals surface area contributed by atoms with E-state index in [1.54, 1.807) is 84.9 Å². The summed E-state index contributed by atoms with van der Waals surface area (Å²) in [5.74, 6) is -3.07. The number of nitrogens with one attached hydrogen (secondary N) is 2. The number of carbonyl (C=O) groups excluding carboxylic acids is 4. The van der Waals surface area contributed by atoms with Gasteiger partial charge in [0.05, 0.1) is 10.5 Å². The van der Waals surface area contributed by atoms with E-state index in [0.29, 0.717) is 22.5 Å². The number of carbonyl (C=O) groups is 4. The fraction of sp³-hybridized carbons (Fsp3) is 0.150. The average molecular weight is 761 g/mol. The lowest BCUT2D eigenvalue weighted by molar-refractivity contribution is -0.119. The molecule has 2 fully saturated rings. The Morgan fingerprint density at radius 1 is 0.593 bits per heavy atom. The Hall–Kier alpha value is -6.22. The number of nitrogens with zero attached hydrogens (tertiary/aromatic N) is 4. The molecule has 270 valence electrons. The Morgan fingerprint density at radius 2 is 0.944 bits per heavy atom. The zero-order valence-corrected chi connectivity index (χ0v) is 30.0. The van der Waals surface area contributed by atoms with Crippen molar-refractivity contribution in [2.75, 3.05) is 22.9 Å². The van der Waals surface area contributed by atoms with Crippen molar-refractivity contribution in [2.24, 2.45) is 0 Å². The largest absolute Gasteiger partial charge is 0.350 e. The molecule has 4 amide bonds. The lowest BCUT2D eigenvalue weighted by atomic mass is 10.1. The number of para-hydroxylation sites is 2. The predicted molar refractivity (Wildman–Crippen MR) is 202 cm³/mol. The summed E-state index contributed by atoms with van der Waals surface area (Å²) in [5.41, 5.74) is 1.72. The Bertz CT molecular complexity index is 2060. The van der Waals surface area contributed by atoms with Gasteiger partial charge in [0.25, 0.3) is 11.8 Å². The van der Waals surface area contributed by atoms with Gasteiger partial charge < -0.3 is 10.6 Å². The lowest BCUT2D eigenvalue weighted by Gasteiger charge is -2.19. The number of rotatable bonds is 11. The maximum Gasteiger partial charge on any atom is 0.264 e. The molecule has 2 heterocycles. The highest BCUT2D eigenvalue weighted by Crippen LogP contribution is 2.43. The molecule has 6 rings (SSSR count). The molecule has 0 spiro atoms. The number of anilines is 2. The van der Waals surface area contributed by atoms with Crippen LogP contribution >= 0.6 is 23.5 Å². The molecule has 4 aromatic carbocycles. The number of nitriles is 2. The van der Waals surface area contributed by atoms with Crippen LogP contribution in [0.4, 0.5) is 20.2 Å². The fourth-order valence-electron chi connectivity index (χ4n) is 5.80. The second-order valence-electron chi connectivity index (χ2n) is 12.0. The Morgan fingerprint density at radius 3 is 1.28 bits per heavy atom. The molecule has 2 saturated heterocycles. The molecule has 2 aliphatic rings. The van der Waals surface area contributed by atoms with Crippen molar-refractivity contribution in [3.8, 4) is 12.1 Å². The first kappa shape index (κ1) is 37.5. The van der Waals surface area contributed by atoms with E-state index in [9.17, 15) is 38.5 Å². The van der Waals surface area contributed by atoms with Crippen LogP contribution in [-0.2, 0) is 32.0 Å². The van der Waals surface area contributed by atoms with Crippen LogP contribution in [0.2, 0.25) is 0 Å². The zero-order valence-electron chi connectivity index (χ0n) is 28.4. The second-order valence-corrected chi connectivity index (χ2v) is 14.4. The number of amides is 4. The summed E-state index contributed by atoms with van der Waals surface area (Å²) in [6, 6.07) is 32.5. The first-order valence-electron chi connectivity index (χ1n) is 16.6. The summed E-state index contributed by atoms with van der Waals surface area (Å²) >= 11 is 2.12. The number of benzene rings is 4. The van der Waals surface area contributed by atoms with E-state index in [1.165, 1.54) is 34.1 Å². The lowest BCUT2D eigenvalue weighted by Crippen LogP contribution is -2.37. The average Bonchev–Trinajstić information content (AvgIpc) is 3.67. The molecule has 0 bridgehead atoms. The Kier molecular flexibility index (Phi) is 11.9. The van der Waals surface area contributed by atoms with Crippen molar-refractivity contribution in [2.45, 2.75) is 23.3 Å². The Balaban J connectivity index is 1.16. The van der Waals surface area contributed by atoms with Crippen molar-refractivity contribution < 1.29 is 28.0 Å². The van der Waals surface area contributed by atoms with Crippen LogP contribution in [0.15, 0.2) is 130 Å². The maximum atomic E-state index is 13.7. The van der Waals surface area contributed by atoms with Crippen molar-refractivity contribution in [3.05, 3.63) is 153 Å². The third-order valence-electron chi connectivity index (χ3n) is 8.40. The number of hydrogen-bond donors (Lipinski definition) is 2. The van der Waals surface area contributed by atoms with Crippen molar-refractivity contribution in [1.29, 1.82) is 10.5 Å². The third kappa shape index (κ3) is 8.36. The van der Waals surface area contributed by atoms with Gasteiger partial charge in [-0.2, -0.15) is 10.5 Å². The fourth-order valence-corrected chi connectivity index (χ4v) is 8.41. The Labute approximate surface area is 318 Å². The zero-order chi connectivity index (χ0) is 38.2. The normalized spacial score (nSPS) is 18.5. The standard InChI is InChI=1S/C40H30F2N6O4S2/c41-27-15-11-25(12-16-27)21-33-37(51)47(29-7-3-1-4-8-29)39(53-33)31(23-43)35(49)45-19-20-46-36(50)32(24-44)40-48(30-9-5-2-6-10-30)38(52)34(54-40)22-26-13-17-28(42)18-14-26/h1-18,33-34H,19-22H2,(H,45,49)(H,46,50)/b39-31-,40-32-. The van der Waals surface area contributed by atoms with Gasteiger partial charge in [0, 0.05) is 24.5 Å². The quantitative estimate of drug-likeness (QED) is 0.112. The highest BCUT2D eigenvalue weighted by molar-refractivity contribution is 8.05. The van der Waals surface area contributed by atoms with E-state index in [0.717, 1.165) is 23.5 Å². The molecule has 54 heavy (non-hydrogen) atoms. The van der Waals surface area contributed by atoms with Crippen molar-refractivity contribution in [3.63, 3.8) is 0 Å². The van der Waals surface area contributed by atoms with Gasteiger partial charge in [0.2, 0.25) is 11.8 Å². The summed E-state index contributed by atoms with van der Waals surface area (Å²) in [7, 11) is 0. The van der Waals surface area contributed by atoms with Crippen LogP contribution in [0.3, 0.4) is 0 Å². The van der Waals surface area contributed by atoms with Crippen LogP contribution in [0.25, 0.3) is 0 Å². The molecule has 14 heteroatoms. The summed E-state index contributed by atoms with van der Waals surface area (Å²) in [5, 5.41) is 24.4.